The first-order valence-corrected chi connectivity index (χ1v) is 6.21. The van der Waals surface area contributed by atoms with Gasteiger partial charge in [-0.2, -0.15) is 5.10 Å². The highest BCUT2D eigenvalue weighted by Crippen LogP contribution is 2.18. The SMILES string of the molecule is Cc1cc(Cn2ccc3cc(C=O)ccc32)n(C)n1. The lowest BCUT2D eigenvalue weighted by Crippen LogP contribution is -2.04. The number of carbonyl (C=O) groups is 1. The van der Waals surface area contributed by atoms with Gasteiger partial charge in [-0.05, 0) is 37.3 Å². The van der Waals surface area contributed by atoms with E-state index in [-0.39, 0.29) is 0 Å². The van der Waals surface area contributed by atoms with Crippen molar-refractivity contribution in [3.63, 3.8) is 0 Å². The van der Waals surface area contributed by atoms with Gasteiger partial charge in [-0.3, -0.25) is 9.48 Å². The first-order chi connectivity index (χ1) is 9.17. The second-order valence-electron chi connectivity index (χ2n) is 4.78. The Balaban J connectivity index is 2.01. The molecule has 0 aliphatic rings. The normalized spacial score (nSPS) is 11.1. The molecule has 0 bridgehead atoms. The number of benzene rings is 1. The van der Waals surface area contributed by atoms with Crippen LogP contribution >= 0.6 is 0 Å². The monoisotopic (exact) mass is 253 g/mol. The third-order valence-electron chi connectivity index (χ3n) is 3.36. The van der Waals surface area contributed by atoms with Gasteiger partial charge in [0.15, 0.2) is 0 Å². The van der Waals surface area contributed by atoms with E-state index in [1.165, 1.54) is 0 Å². The number of carbonyl (C=O) groups excluding carboxylic acids is 1. The largest absolute Gasteiger partial charge is 0.341 e. The first-order valence-electron chi connectivity index (χ1n) is 6.21. The van der Waals surface area contributed by atoms with Crippen molar-refractivity contribution in [1.29, 1.82) is 0 Å². The van der Waals surface area contributed by atoms with Gasteiger partial charge < -0.3 is 4.57 Å². The molecular formula is C15H15N3O. The van der Waals surface area contributed by atoms with E-state index in [1.807, 2.05) is 49.1 Å². The Morgan fingerprint density at radius 3 is 2.79 bits per heavy atom. The van der Waals surface area contributed by atoms with Crippen LogP contribution in [0.1, 0.15) is 21.7 Å². The lowest BCUT2D eigenvalue weighted by molar-refractivity contribution is 0.112. The maximum atomic E-state index is 10.8. The summed E-state index contributed by atoms with van der Waals surface area (Å²) < 4.78 is 4.07. The number of hydrogen-bond acceptors (Lipinski definition) is 2. The van der Waals surface area contributed by atoms with Crippen molar-refractivity contribution < 1.29 is 4.79 Å². The summed E-state index contributed by atoms with van der Waals surface area (Å²) in [5.41, 5.74) is 4.03. The van der Waals surface area contributed by atoms with Crippen LogP contribution in [0.5, 0.6) is 0 Å². The Kier molecular flexibility index (Phi) is 2.71. The summed E-state index contributed by atoms with van der Waals surface area (Å²) in [6.45, 7) is 2.77. The molecule has 4 heteroatoms. The fourth-order valence-electron chi connectivity index (χ4n) is 2.42. The van der Waals surface area contributed by atoms with E-state index < -0.39 is 0 Å². The van der Waals surface area contributed by atoms with Crippen LogP contribution in [0.2, 0.25) is 0 Å². The highest BCUT2D eigenvalue weighted by Gasteiger charge is 2.06. The van der Waals surface area contributed by atoms with Crippen molar-refractivity contribution in [2.45, 2.75) is 13.5 Å². The zero-order chi connectivity index (χ0) is 13.4. The lowest BCUT2D eigenvalue weighted by Gasteiger charge is -2.06. The molecule has 2 heterocycles. The number of aromatic nitrogens is 3. The Morgan fingerprint density at radius 1 is 1.26 bits per heavy atom. The molecule has 4 nitrogen and oxygen atoms in total. The zero-order valence-corrected chi connectivity index (χ0v) is 11.0. The number of rotatable bonds is 3. The lowest BCUT2D eigenvalue weighted by atomic mass is 10.2. The van der Waals surface area contributed by atoms with Crippen molar-refractivity contribution in [2.75, 3.05) is 0 Å². The van der Waals surface area contributed by atoms with Crippen LogP contribution in [0.15, 0.2) is 36.5 Å². The van der Waals surface area contributed by atoms with Gasteiger partial charge in [-0.25, -0.2) is 0 Å². The van der Waals surface area contributed by atoms with Crippen molar-refractivity contribution in [3.05, 3.63) is 53.5 Å². The summed E-state index contributed by atoms with van der Waals surface area (Å²) >= 11 is 0. The molecule has 96 valence electrons. The van der Waals surface area contributed by atoms with Crippen LogP contribution in [0.25, 0.3) is 10.9 Å². The maximum Gasteiger partial charge on any atom is 0.150 e. The molecule has 0 unspecified atom stereocenters. The second kappa shape index (κ2) is 4.39. The molecule has 19 heavy (non-hydrogen) atoms. The molecule has 3 aromatic rings. The minimum atomic E-state index is 0.710. The molecular weight excluding hydrogens is 238 g/mol. The van der Waals surface area contributed by atoms with E-state index in [4.69, 9.17) is 0 Å². The van der Waals surface area contributed by atoms with E-state index in [2.05, 4.69) is 15.7 Å². The minimum absolute atomic E-state index is 0.710. The van der Waals surface area contributed by atoms with Gasteiger partial charge in [0, 0.05) is 29.7 Å². The van der Waals surface area contributed by atoms with E-state index in [0.29, 0.717) is 5.56 Å². The molecule has 0 N–H and O–H groups in total. The van der Waals surface area contributed by atoms with Crippen LogP contribution in [-0.2, 0) is 13.6 Å². The topological polar surface area (TPSA) is 39.8 Å². The number of nitrogens with zero attached hydrogens (tertiary/aromatic N) is 3. The molecule has 1 aromatic carbocycles. The fourth-order valence-corrected chi connectivity index (χ4v) is 2.42. The van der Waals surface area contributed by atoms with Crippen molar-refractivity contribution >= 4 is 17.2 Å². The van der Waals surface area contributed by atoms with E-state index >= 15 is 0 Å². The molecule has 0 spiro atoms. The molecule has 2 aromatic heterocycles. The predicted octanol–water partition coefficient (Wildman–Crippen LogP) is 2.54. The van der Waals surface area contributed by atoms with Crippen LogP contribution in [0.4, 0.5) is 0 Å². The van der Waals surface area contributed by atoms with E-state index in [0.717, 1.165) is 35.1 Å². The molecule has 0 radical (unpaired) electrons. The Labute approximate surface area is 111 Å². The molecule has 0 saturated carbocycles. The van der Waals surface area contributed by atoms with E-state index in [9.17, 15) is 4.79 Å². The minimum Gasteiger partial charge on any atom is -0.341 e. The quantitative estimate of drug-likeness (QED) is 0.673. The molecule has 0 amide bonds. The summed E-state index contributed by atoms with van der Waals surface area (Å²) in [7, 11) is 1.96. The average Bonchev–Trinajstić information content (AvgIpc) is 2.93. The Bertz CT molecular complexity index is 752. The summed E-state index contributed by atoms with van der Waals surface area (Å²) in [4.78, 5) is 10.8. The molecule has 0 aliphatic heterocycles. The van der Waals surface area contributed by atoms with E-state index in [1.54, 1.807) is 0 Å². The molecule has 0 saturated heterocycles. The summed E-state index contributed by atoms with van der Waals surface area (Å²) in [5.74, 6) is 0. The molecule has 0 atom stereocenters. The molecule has 0 fully saturated rings. The van der Waals surface area contributed by atoms with Gasteiger partial charge in [-0.1, -0.05) is 0 Å². The highest BCUT2D eigenvalue weighted by atomic mass is 16.1. The van der Waals surface area contributed by atoms with Crippen LogP contribution in [0, 0.1) is 6.92 Å². The zero-order valence-electron chi connectivity index (χ0n) is 11.0. The average molecular weight is 253 g/mol. The number of aryl methyl sites for hydroxylation is 2. The Hall–Kier alpha value is -2.36. The first kappa shape index (κ1) is 11.7. The number of fused-ring (bicyclic) bond motifs is 1. The summed E-state index contributed by atoms with van der Waals surface area (Å²) in [5, 5.41) is 5.44. The van der Waals surface area contributed by atoms with Crippen LogP contribution in [0.3, 0.4) is 0 Å². The van der Waals surface area contributed by atoms with Crippen molar-refractivity contribution in [2.24, 2.45) is 7.05 Å². The predicted molar refractivity (Wildman–Crippen MR) is 74.4 cm³/mol. The van der Waals surface area contributed by atoms with Gasteiger partial charge in [0.2, 0.25) is 0 Å². The number of aldehydes is 1. The Morgan fingerprint density at radius 2 is 2.11 bits per heavy atom. The molecule has 0 aliphatic carbocycles. The van der Waals surface area contributed by atoms with Crippen molar-refractivity contribution in [3.8, 4) is 0 Å². The third kappa shape index (κ3) is 2.05. The number of hydrogen-bond donors (Lipinski definition) is 0. The van der Waals surface area contributed by atoms with Crippen LogP contribution < -0.4 is 0 Å². The van der Waals surface area contributed by atoms with Gasteiger partial charge >= 0.3 is 0 Å². The standard InChI is InChI=1S/C15H15N3O/c1-11-7-14(17(2)16-11)9-18-6-5-13-8-12(10-19)3-4-15(13)18/h3-8,10H,9H2,1-2H3. The maximum absolute atomic E-state index is 10.8. The van der Waals surface area contributed by atoms with Crippen molar-refractivity contribution in [1.82, 2.24) is 14.3 Å². The van der Waals surface area contributed by atoms with Gasteiger partial charge in [0.1, 0.15) is 6.29 Å². The van der Waals surface area contributed by atoms with Gasteiger partial charge in [-0.15, -0.1) is 0 Å². The summed E-state index contributed by atoms with van der Waals surface area (Å²) in [6.07, 6.45) is 2.92. The molecule has 3 rings (SSSR count). The van der Waals surface area contributed by atoms with Gasteiger partial charge in [0.05, 0.1) is 17.9 Å². The summed E-state index contributed by atoms with van der Waals surface area (Å²) in [6, 6.07) is 9.87. The highest BCUT2D eigenvalue weighted by molar-refractivity contribution is 5.87. The fraction of sp³-hybridized carbons (Fsp3) is 0.200. The van der Waals surface area contributed by atoms with Crippen LogP contribution in [-0.4, -0.2) is 20.6 Å². The third-order valence-corrected chi connectivity index (χ3v) is 3.36. The second-order valence-corrected chi connectivity index (χ2v) is 4.78. The van der Waals surface area contributed by atoms with Gasteiger partial charge in [0.25, 0.3) is 0 Å². The smallest absolute Gasteiger partial charge is 0.150 e.